The van der Waals surface area contributed by atoms with E-state index in [4.69, 9.17) is 9.47 Å². The fourth-order valence-corrected chi connectivity index (χ4v) is 1.94. The number of amides is 1. The van der Waals surface area contributed by atoms with Crippen LogP contribution in [0.4, 0.5) is 10.5 Å². The van der Waals surface area contributed by atoms with Crippen molar-refractivity contribution in [2.24, 2.45) is 0 Å². The Kier molecular flexibility index (Phi) is 6.32. The Hall–Kier alpha value is -2.35. The molecule has 0 radical (unpaired) electrons. The van der Waals surface area contributed by atoms with Crippen LogP contribution in [0.2, 0.25) is 0 Å². The van der Waals surface area contributed by atoms with Crippen molar-refractivity contribution in [2.75, 3.05) is 13.7 Å². The van der Waals surface area contributed by atoms with Gasteiger partial charge in [0.15, 0.2) is 0 Å². The molecule has 2 N–H and O–H groups in total. The normalized spacial score (nSPS) is 12.4. The van der Waals surface area contributed by atoms with E-state index in [0.717, 1.165) is 0 Å². The lowest BCUT2D eigenvalue weighted by molar-refractivity contribution is -0.385. The summed E-state index contributed by atoms with van der Waals surface area (Å²) in [4.78, 5) is 22.1. The number of nitro groups is 1. The van der Waals surface area contributed by atoms with E-state index in [1.165, 1.54) is 19.2 Å². The van der Waals surface area contributed by atoms with Crippen LogP contribution in [0, 0.1) is 10.1 Å². The number of benzene rings is 1. The van der Waals surface area contributed by atoms with Crippen LogP contribution < -0.4 is 10.1 Å². The molecule has 1 amide bonds. The molecule has 8 nitrogen and oxygen atoms in total. The first kappa shape index (κ1) is 18.7. The fraction of sp³-hybridized carbons (Fsp3) is 0.533. The van der Waals surface area contributed by atoms with Crippen LogP contribution in [0.3, 0.4) is 0 Å². The van der Waals surface area contributed by atoms with Crippen LogP contribution in [-0.2, 0) is 11.2 Å². The number of nitro benzene ring substituents is 1. The predicted octanol–water partition coefficient (Wildman–Crippen LogP) is 2.03. The number of aliphatic hydroxyl groups excluding tert-OH is 1. The van der Waals surface area contributed by atoms with Gasteiger partial charge in [-0.05, 0) is 26.8 Å². The Labute approximate surface area is 134 Å². The van der Waals surface area contributed by atoms with E-state index >= 15 is 0 Å². The van der Waals surface area contributed by atoms with Gasteiger partial charge in [-0.15, -0.1) is 0 Å². The van der Waals surface area contributed by atoms with Gasteiger partial charge in [-0.3, -0.25) is 10.1 Å². The summed E-state index contributed by atoms with van der Waals surface area (Å²) >= 11 is 0. The van der Waals surface area contributed by atoms with E-state index in [9.17, 15) is 20.0 Å². The maximum atomic E-state index is 11.5. The lowest BCUT2D eigenvalue weighted by atomic mass is 10.0. The molecule has 0 spiro atoms. The van der Waals surface area contributed by atoms with E-state index in [0.29, 0.717) is 5.75 Å². The SMILES string of the molecule is COc1cccc([N+](=O)[O-])c1CC(O)CNC(=O)OC(C)(C)C. The second-order valence-corrected chi connectivity index (χ2v) is 5.96. The number of hydrogen-bond acceptors (Lipinski definition) is 6. The Morgan fingerprint density at radius 1 is 1.43 bits per heavy atom. The summed E-state index contributed by atoms with van der Waals surface area (Å²) in [6.45, 7) is 5.08. The maximum absolute atomic E-state index is 11.5. The first-order valence-electron chi connectivity index (χ1n) is 7.09. The number of methoxy groups -OCH3 is 1. The summed E-state index contributed by atoms with van der Waals surface area (Å²) in [6, 6.07) is 4.42. The Bertz CT molecular complexity index is 568. The highest BCUT2D eigenvalue weighted by Gasteiger charge is 2.22. The van der Waals surface area contributed by atoms with Crippen molar-refractivity contribution < 1.29 is 24.3 Å². The van der Waals surface area contributed by atoms with Gasteiger partial charge in [-0.1, -0.05) is 6.07 Å². The number of nitrogens with zero attached hydrogens (tertiary/aromatic N) is 1. The minimum Gasteiger partial charge on any atom is -0.496 e. The molecule has 0 bridgehead atoms. The average molecular weight is 326 g/mol. The van der Waals surface area contributed by atoms with Crippen molar-refractivity contribution in [3.8, 4) is 5.75 Å². The minimum atomic E-state index is -1.02. The van der Waals surface area contributed by atoms with Gasteiger partial charge in [0.25, 0.3) is 5.69 Å². The summed E-state index contributed by atoms with van der Waals surface area (Å²) in [6.07, 6.45) is -1.71. The molecule has 8 heteroatoms. The van der Waals surface area contributed by atoms with E-state index in [1.807, 2.05) is 0 Å². The molecule has 0 heterocycles. The molecule has 0 saturated carbocycles. The molecular formula is C15H22N2O6. The van der Waals surface area contributed by atoms with Crippen molar-refractivity contribution in [3.63, 3.8) is 0 Å². The largest absolute Gasteiger partial charge is 0.496 e. The molecule has 0 aliphatic rings. The van der Waals surface area contributed by atoms with Crippen molar-refractivity contribution in [1.82, 2.24) is 5.32 Å². The van der Waals surface area contributed by atoms with Gasteiger partial charge in [0.1, 0.15) is 11.4 Å². The smallest absolute Gasteiger partial charge is 0.407 e. The van der Waals surface area contributed by atoms with Crippen molar-refractivity contribution in [2.45, 2.75) is 38.9 Å². The molecule has 0 fully saturated rings. The van der Waals surface area contributed by atoms with Crippen LogP contribution in [0.15, 0.2) is 18.2 Å². The molecule has 0 aliphatic heterocycles. The average Bonchev–Trinajstić information content (AvgIpc) is 2.43. The van der Waals surface area contributed by atoms with Crippen LogP contribution in [-0.4, -0.2) is 41.5 Å². The van der Waals surface area contributed by atoms with Gasteiger partial charge < -0.3 is 19.9 Å². The standard InChI is InChI=1S/C15H22N2O6/c1-15(2,3)23-14(19)16-9-10(18)8-11-12(17(20)21)6-5-7-13(11)22-4/h5-7,10,18H,8-9H2,1-4H3,(H,16,19). The van der Waals surface area contributed by atoms with Gasteiger partial charge in [-0.25, -0.2) is 4.79 Å². The second kappa shape index (κ2) is 7.77. The third-order valence-electron chi connectivity index (χ3n) is 2.85. The van der Waals surface area contributed by atoms with Crippen LogP contribution in [0.25, 0.3) is 0 Å². The first-order valence-corrected chi connectivity index (χ1v) is 7.09. The van der Waals surface area contributed by atoms with Crippen LogP contribution >= 0.6 is 0 Å². The predicted molar refractivity (Wildman–Crippen MR) is 83.6 cm³/mol. The summed E-state index contributed by atoms with van der Waals surface area (Å²) in [7, 11) is 1.40. The zero-order valence-electron chi connectivity index (χ0n) is 13.7. The topological polar surface area (TPSA) is 111 Å². The molecule has 1 rings (SSSR count). The summed E-state index contributed by atoms with van der Waals surface area (Å²) in [5, 5.41) is 23.5. The molecule has 1 unspecified atom stereocenters. The molecule has 0 saturated heterocycles. The molecule has 128 valence electrons. The van der Waals surface area contributed by atoms with Gasteiger partial charge in [0, 0.05) is 19.0 Å². The number of aliphatic hydroxyl groups is 1. The number of hydrogen-bond donors (Lipinski definition) is 2. The lowest BCUT2D eigenvalue weighted by Gasteiger charge is -2.20. The minimum absolute atomic E-state index is 0.0316. The number of carbonyl (C=O) groups is 1. The van der Waals surface area contributed by atoms with Crippen molar-refractivity contribution in [1.29, 1.82) is 0 Å². The summed E-state index contributed by atoms with van der Waals surface area (Å²) < 4.78 is 10.2. The van der Waals surface area contributed by atoms with E-state index in [1.54, 1.807) is 26.8 Å². The molecular weight excluding hydrogens is 304 g/mol. The highest BCUT2D eigenvalue weighted by molar-refractivity contribution is 5.67. The van der Waals surface area contributed by atoms with Gasteiger partial charge in [0.05, 0.1) is 23.7 Å². The third-order valence-corrected chi connectivity index (χ3v) is 2.85. The Balaban J connectivity index is 2.72. The number of ether oxygens (including phenoxy) is 2. The fourth-order valence-electron chi connectivity index (χ4n) is 1.94. The summed E-state index contributed by atoms with van der Waals surface area (Å²) in [5.74, 6) is 0.315. The van der Waals surface area contributed by atoms with Crippen LogP contribution in [0.1, 0.15) is 26.3 Å². The van der Waals surface area contributed by atoms with E-state index in [2.05, 4.69) is 5.32 Å². The van der Waals surface area contributed by atoms with Gasteiger partial charge in [-0.2, -0.15) is 0 Å². The Morgan fingerprint density at radius 2 is 2.09 bits per heavy atom. The molecule has 0 aliphatic carbocycles. The number of carbonyl (C=O) groups excluding carboxylic acids is 1. The monoisotopic (exact) mass is 326 g/mol. The number of nitrogens with one attached hydrogen (secondary N) is 1. The first-order chi connectivity index (χ1) is 10.6. The van der Waals surface area contributed by atoms with Crippen LogP contribution in [0.5, 0.6) is 5.75 Å². The second-order valence-electron chi connectivity index (χ2n) is 5.96. The van der Waals surface area contributed by atoms with E-state index in [-0.39, 0.29) is 24.2 Å². The number of alkyl carbamates (subject to hydrolysis) is 1. The van der Waals surface area contributed by atoms with Crippen molar-refractivity contribution in [3.05, 3.63) is 33.9 Å². The van der Waals surface area contributed by atoms with E-state index < -0.39 is 22.7 Å². The lowest BCUT2D eigenvalue weighted by Crippen LogP contribution is -2.37. The summed E-state index contributed by atoms with van der Waals surface area (Å²) in [5.41, 5.74) is -0.504. The van der Waals surface area contributed by atoms with Gasteiger partial charge in [0.2, 0.25) is 0 Å². The highest BCUT2D eigenvalue weighted by atomic mass is 16.6. The molecule has 1 atom stereocenters. The molecule has 1 aromatic carbocycles. The molecule has 0 aromatic heterocycles. The highest BCUT2D eigenvalue weighted by Crippen LogP contribution is 2.29. The molecule has 1 aromatic rings. The number of rotatable bonds is 6. The third kappa shape index (κ3) is 6.11. The zero-order valence-corrected chi connectivity index (χ0v) is 13.7. The zero-order chi connectivity index (χ0) is 17.6. The quantitative estimate of drug-likeness (QED) is 0.611. The molecule has 23 heavy (non-hydrogen) atoms. The maximum Gasteiger partial charge on any atom is 0.407 e. The Morgan fingerprint density at radius 3 is 2.61 bits per heavy atom. The van der Waals surface area contributed by atoms with Gasteiger partial charge >= 0.3 is 6.09 Å². The van der Waals surface area contributed by atoms with Crippen molar-refractivity contribution >= 4 is 11.8 Å².